The van der Waals surface area contributed by atoms with E-state index in [4.69, 9.17) is 9.47 Å². The van der Waals surface area contributed by atoms with Crippen LogP contribution in [-0.2, 0) is 9.47 Å². The Morgan fingerprint density at radius 1 is 1.36 bits per heavy atom. The molecular formula is C11H25NO2. The molecule has 0 amide bonds. The molecule has 3 nitrogen and oxygen atoms in total. The molecular weight excluding hydrogens is 178 g/mol. The maximum atomic E-state index is 5.58. The molecule has 1 N–H and O–H groups in total. The van der Waals surface area contributed by atoms with Crippen molar-refractivity contribution in [2.45, 2.75) is 33.3 Å². The van der Waals surface area contributed by atoms with Gasteiger partial charge < -0.3 is 14.8 Å². The Hall–Kier alpha value is -0.120. The Morgan fingerprint density at radius 3 is 2.50 bits per heavy atom. The van der Waals surface area contributed by atoms with E-state index >= 15 is 0 Å². The van der Waals surface area contributed by atoms with E-state index < -0.39 is 0 Å². The normalized spacial score (nSPS) is 14.4. The lowest BCUT2D eigenvalue weighted by Crippen LogP contribution is -2.39. The summed E-state index contributed by atoms with van der Waals surface area (Å²) in [6, 6.07) is 0. The lowest BCUT2D eigenvalue weighted by molar-refractivity contribution is -0.00961. The average Bonchev–Trinajstić information content (AvgIpc) is 2.03. The van der Waals surface area contributed by atoms with Crippen LogP contribution in [0.1, 0.15) is 27.7 Å². The second kappa shape index (κ2) is 7.21. The molecule has 0 rings (SSSR count). The van der Waals surface area contributed by atoms with Gasteiger partial charge in [-0.2, -0.15) is 0 Å². The first-order valence-corrected chi connectivity index (χ1v) is 5.35. The summed E-state index contributed by atoms with van der Waals surface area (Å²) in [5, 5.41) is 3.39. The van der Waals surface area contributed by atoms with Crippen LogP contribution in [0.2, 0.25) is 0 Å². The molecule has 0 saturated heterocycles. The van der Waals surface area contributed by atoms with Gasteiger partial charge in [-0.3, -0.25) is 0 Å². The van der Waals surface area contributed by atoms with E-state index in [9.17, 15) is 0 Å². The fourth-order valence-electron chi connectivity index (χ4n) is 1.40. The highest BCUT2D eigenvalue weighted by Gasteiger charge is 2.16. The van der Waals surface area contributed by atoms with Gasteiger partial charge in [-0.1, -0.05) is 6.92 Å². The van der Waals surface area contributed by atoms with Crippen molar-refractivity contribution in [1.29, 1.82) is 0 Å². The van der Waals surface area contributed by atoms with Crippen molar-refractivity contribution in [3.63, 3.8) is 0 Å². The highest BCUT2D eigenvalue weighted by atomic mass is 16.5. The van der Waals surface area contributed by atoms with Crippen LogP contribution < -0.4 is 5.32 Å². The minimum atomic E-state index is -0.0679. The molecule has 0 aliphatic rings. The minimum Gasteiger partial charge on any atom is -0.384 e. The molecule has 1 atom stereocenters. The van der Waals surface area contributed by atoms with Crippen molar-refractivity contribution < 1.29 is 9.47 Å². The SMILES string of the molecule is CCOC(C)(C)CNCC(C)COC. The van der Waals surface area contributed by atoms with Gasteiger partial charge in [0.05, 0.1) is 5.60 Å². The molecule has 14 heavy (non-hydrogen) atoms. The third-order valence-electron chi connectivity index (χ3n) is 2.03. The van der Waals surface area contributed by atoms with Crippen LogP contribution in [0.5, 0.6) is 0 Å². The number of methoxy groups -OCH3 is 1. The largest absolute Gasteiger partial charge is 0.384 e. The van der Waals surface area contributed by atoms with Crippen LogP contribution in [0.25, 0.3) is 0 Å². The molecule has 86 valence electrons. The van der Waals surface area contributed by atoms with Crippen molar-refractivity contribution in [2.75, 3.05) is 33.4 Å². The summed E-state index contributed by atoms with van der Waals surface area (Å²) in [6.45, 7) is 11.8. The molecule has 0 aromatic carbocycles. The van der Waals surface area contributed by atoms with Crippen LogP contribution >= 0.6 is 0 Å². The smallest absolute Gasteiger partial charge is 0.0750 e. The first kappa shape index (κ1) is 13.9. The summed E-state index contributed by atoms with van der Waals surface area (Å²) >= 11 is 0. The molecule has 0 aliphatic carbocycles. The predicted octanol–water partition coefficient (Wildman–Crippen LogP) is 1.67. The van der Waals surface area contributed by atoms with Gasteiger partial charge in [0, 0.05) is 33.4 Å². The highest BCUT2D eigenvalue weighted by Crippen LogP contribution is 2.06. The van der Waals surface area contributed by atoms with Crippen molar-refractivity contribution in [2.24, 2.45) is 5.92 Å². The van der Waals surface area contributed by atoms with E-state index in [1.165, 1.54) is 0 Å². The Balaban J connectivity index is 3.51. The molecule has 0 aromatic rings. The Morgan fingerprint density at radius 2 is 2.00 bits per heavy atom. The van der Waals surface area contributed by atoms with Crippen LogP contribution in [0.3, 0.4) is 0 Å². The number of ether oxygens (including phenoxy) is 2. The molecule has 0 aromatic heterocycles. The van der Waals surface area contributed by atoms with Gasteiger partial charge in [-0.05, 0) is 26.7 Å². The Bertz CT molecular complexity index is 137. The van der Waals surface area contributed by atoms with Gasteiger partial charge in [0.25, 0.3) is 0 Å². The third-order valence-corrected chi connectivity index (χ3v) is 2.03. The van der Waals surface area contributed by atoms with Crippen LogP contribution in [0, 0.1) is 5.92 Å². The molecule has 0 aliphatic heterocycles. The van der Waals surface area contributed by atoms with Gasteiger partial charge in [-0.15, -0.1) is 0 Å². The quantitative estimate of drug-likeness (QED) is 0.651. The van der Waals surface area contributed by atoms with E-state index in [-0.39, 0.29) is 5.60 Å². The van der Waals surface area contributed by atoms with E-state index in [0.717, 1.165) is 26.3 Å². The fourth-order valence-corrected chi connectivity index (χ4v) is 1.40. The van der Waals surface area contributed by atoms with Gasteiger partial charge in [-0.25, -0.2) is 0 Å². The summed E-state index contributed by atoms with van der Waals surface area (Å²) in [4.78, 5) is 0. The van der Waals surface area contributed by atoms with Crippen LogP contribution in [-0.4, -0.2) is 39.0 Å². The molecule has 0 fully saturated rings. The van der Waals surface area contributed by atoms with E-state index in [0.29, 0.717) is 5.92 Å². The lowest BCUT2D eigenvalue weighted by atomic mass is 10.1. The Kier molecular flexibility index (Phi) is 7.15. The molecule has 1 unspecified atom stereocenters. The highest BCUT2D eigenvalue weighted by molar-refractivity contribution is 4.72. The topological polar surface area (TPSA) is 30.5 Å². The summed E-state index contributed by atoms with van der Waals surface area (Å²) in [7, 11) is 1.74. The first-order valence-electron chi connectivity index (χ1n) is 5.35. The Labute approximate surface area is 88.2 Å². The maximum absolute atomic E-state index is 5.58. The second-order valence-corrected chi connectivity index (χ2v) is 4.38. The number of rotatable bonds is 8. The van der Waals surface area contributed by atoms with E-state index in [2.05, 4.69) is 26.1 Å². The number of hydrogen-bond donors (Lipinski definition) is 1. The minimum absolute atomic E-state index is 0.0679. The molecule has 0 heterocycles. The average molecular weight is 203 g/mol. The van der Waals surface area contributed by atoms with E-state index in [1.54, 1.807) is 7.11 Å². The molecule has 0 radical (unpaired) electrons. The molecule has 0 spiro atoms. The predicted molar refractivity (Wildman–Crippen MR) is 59.6 cm³/mol. The van der Waals surface area contributed by atoms with Crippen LogP contribution in [0.15, 0.2) is 0 Å². The molecule has 3 heteroatoms. The standard InChI is InChI=1S/C11H25NO2/c1-6-14-11(3,4)9-12-7-10(2)8-13-5/h10,12H,6-9H2,1-5H3. The van der Waals surface area contributed by atoms with Gasteiger partial charge in [0.2, 0.25) is 0 Å². The fraction of sp³-hybridized carbons (Fsp3) is 1.00. The zero-order chi connectivity index (χ0) is 11.0. The van der Waals surface area contributed by atoms with Gasteiger partial charge >= 0.3 is 0 Å². The summed E-state index contributed by atoms with van der Waals surface area (Å²) < 4.78 is 10.6. The number of nitrogens with one attached hydrogen (secondary N) is 1. The van der Waals surface area contributed by atoms with Gasteiger partial charge in [0.1, 0.15) is 0 Å². The second-order valence-electron chi connectivity index (χ2n) is 4.38. The first-order chi connectivity index (χ1) is 6.52. The summed E-state index contributed by atoms with van der Waals surface area (Å²) in [5.74, 6) is 0.553. The van der Waals surface area contributed by atoms with E-state index in [1.807, 2.05) is 6.92 Å². The van der Waals surface area contributed by atoms with Gasteiger partial charge in [0.15, 0.2) is 0 Å². The summed E-state index contributed by atoms with van der Waals surface area (Å²) in [5.41, 5.74) is -0.0679. The molecule has 0 saturated carbocycles. The van der Waals surface area contributed by atoms with Crippen LogP contribution in [0.4, 0.5) is 0 Å². The monoisotopic (exact) mass is 203 g/mol. The van der Waals surface area contributed by atoms with Crippen molar-refractivity contribution in [1.82, 2.24) is 5.32 Å². The third kappa shape index (κ3) is 7.30. The number of hydrogen-bond acceptors (Lipinski definition) is 3. The summed E-state index contributed by atoms with van der Waals surface area (Å²) in [6.07, 6.45) is 0. The van der Waals surface area contributed by atoms with Crippen molar-refractivity contribution in [3.05, 3.63) is 0 Å². The lowest BCUT2D eigenvalue weighted by Gasteiger charge is -2.25. The zero-order valence-corrected chi connectivity index (χ0v) is 10.2. The van der Waals surface area contributed by atoms with Crippen molar-refractivity contribution in [3.8, 4) is 0 Å². The van der Waals surface area contributed by atoms with Crippen molar-refractivity contribution >= 4 is 0 Å². The maximum Gasteiger partial charge on any atom is 0.0750 e. The molecule has 0 bridgehead atoms. The zero-order valence-electron chi connectivity index (χ0n) is 10.2.